The van der Waals surface area contributed by atoms with E-state index in [1.165, 1.54) is 19.2 Å². The Labute approximate surface area is 203 Å². The molecular formula is C23H26ClN3O4S2. The average Bonchev–Trinajstić information content (AvgIpc) is 3.32. The van der Waals surface area contributed by atoms with E-state index in [-0.39, 0.29) is 34.7 Å². The summed E-state index contributed by atoms with van der Waals surface area (Å²) >= 11 is 7.50. The van der Waals surface area contributed by atoms with Crippen LogP contribution in [0.2, 0.25) is 5.02 Å². The minimum Gasteiger partial charge on any atom is -0.495 e. The van der Waals surface area contributed by atoms with Gasteiger partial charge in [0.25, 0.3) is 5.91 Å². The number of methoxy groups -OCH3 is 1. The molecule has 2 aromatic carbocycles. The minimum atomic E-state index is -3.94. The van der Waals surface area contributed by atoms with Crippen LogP contribution in [0.3, 0.4) is 0 Å². The lowest BCUT2D eigenvalue weighted by Crippen LogP contribution is -2.34. The molecule has 0 bridgehead atoms. The lowest BCUT2D eigenvalue weighted by molar-refractivity contribution is 0.0942. The number of carbonyl (C=O) groups excluding carboxylic acids is 1. The van der Waals surface area contributed by atoms with Crippen molar-refractivity contribution in [2.75, 3.05) is 27.7 Å². The van der Waals surface area contributed by atoms with Crippen LogP contribution in [0.1, 0.15) is 26.8 Å². The van der Waals surface area contributed by atoms with E-state index in [0.717, 1.165) is 10.4 Å². The maximum atomic E-state index is 13.0. The first kappa shape index (κ1) is 25.2. The number of nitrogens with zero attached hydrogens (tertiary/aromatic N) is 1. The van der Waals surface area contributed by atoms with Gasteiger partial charge >= 0.3 is 0 Å². The highest BCUT2D eigenvalue weighted by molar-refractivity contribution is 7.89. The van der Waals surface area contributed by atoms with Crippen LogP contribution in [0.4, 0.5) is 0 Å². The van der Waals surface area contributed by atoms with E-state index in [4.69, 9.17) is 16.3 Å². The first-order valence-electron chi connectivity index (χ1n) is 10.1. The maximum absolute atomic E-state index is 13.0. The average molecular weight is 508 g/mol. The van der Waals surface area contributed by atoms with Crippen LogP contribution >= 0.6 is 22.9 Å². The fourth-order valence-corrected chi connectivity index (χ4v) is 5.46. The third kappa shape index (κ3) is 6.55. The Morgan fingerprint density at radius 2 is 1.88 bits per heavy atom. The number of thiophene rings is 1. The zero-order valence-corrected chi connectivity index (χ0v) is 20.9. The summed E-state index contributed by atoms with van der Waals surface area (Å²) in [6.07, 6.45) is 0. The van der Waals surface area contributed by atoms with Gasteiger partial charge in [-0.2, -0.15) is 0 Å². The van der Waals surface area contributed by atoms with Crippen molar-refractivity contribution >= 4 is 38.9 Å². The first-order valence-corrected chi connectivity index (χ1v) is 12.9. The number of nitrogens with one attached hydrogen (secondary N) is 2. The van der Waals surface area contributed by atoms with E-state index in [9.17, 15) is 13.2 Å². The van der Waals surface area contributed by atoms with Crippen molar-refractivity contribution in [1.82, 2.24) is 14.9 Å². The topological polar surface area (TPSA) is 87.7 Å². The molecule has 3 aromatic rings. The van der Waals surface area contributed by atoms with Crippen molar-refractivity contribution in [2.45, 2.75) is 17.5 Å². The molecule has 1 heterocycles. The van der Waals surface area contributed by atoms with Gasteiger partial charge in [0.1, 0.15) is 10.6 Å². The third-order valence-electron chi connectivity index (χ3n) is 5.05. The number of likely N-dealkylation sites (N-methyl/N-ethyl adjacent to an activating group) is 1. The summed E-state index contributed by atoms with van der Waals surface area (Å²) < 4.78 is 33.8. The van der Waals surface area contributed by atoms with Crippen LogP contribution in [-0.4, -0.2) is 47.0 Å². The molecule has 7 nitrogen and oxygen atoms in total. The summed E-state index contributed by atoms with van der Waals surface area (Å²) in [5.74, 6) is -0.213. The van der Waals surface area contributed by atoms with Gasteiger partial charge in [0.2, 0.25) is 10.0 Å². The van der Waals surface area contributed by atoms with E-state index in [1.807, 2.05) is 36.5 Å². The number of ether oxygens (including phenoxy) is 1. The van der Waals surface area contributed by atoms with Gasteiger partial charge in [-0.1, -0.05) is 29.8 Å². The molecule has 176 valence electrons. The van der Waals surface area contributed by atoms with Crippen LogP contribution in [0, 0.1) is 0 Å². The summed E-state index contributed by atoms with van der Waals surface area (Å²) in [5.41, 5.74) is 0.977. The molecule has 0 spiro atoms. The number of amides is 1. The number of halogens is 1. The highest BCUT2D eigenvalue weighted by Crippen LogP contribution is 2.26. The van der Waals surface area contributed by atoms with E-state index in [1.54, 1.807) is 41.7 Å². The van der Waals surface area contributed by atoms with Gasteiger partial charge in [-0.3, -0.25) is 4.79 Å². The molecule has 10 heteroatoms. The number of benzene rings is 2. The van der Waals surface area contributed by atoms with Gasteiger partial charge in [-0.25, -0.2) is 13.1 Å². The van der Waals surface area contributed by atoms with Crippen LogP contribution in [0.25, 0.3) is 0 Å². The van der Waals surface area contributed by atoms with Crippen molar-refractivity contribution in [2.24, 2.45) is 0 Å². The Bertz CT molecular complexity index is 1180. The molecule has 3 rings (SSSR count). The zero-order valence-electron chi connectivity index (χ0n) is 18.5. The van der Waals surface area contributed by atoms with Crippen LogP contribution < -0.4 is 14.8 Å². The lowest BCUT2D eigenvalue weighted by Gasteiger charge is -2.23. The fraction of sp³-hybridized carbons (Fsp3) is 0.261. The molecule has 0 aliphatic carbocycles. The summed E-state index contributed by atoms with van der Waals surface area (Å²) in [7, 11) is 1.33. The van der Waals surface area contributed by atoms with Crippen LogP contribution in [-0.2, 0) is 16.6 Å². The van der Waals surface area contributed by atoms with E-state index in [2.05, 4.69) is 10.0 Å². The van der Waals surface area contributed by atoms with E-state index < -0.39 is 10.0 Å². The summed E-state index contributed by atoms with van der Waals surface area (Å²) in [6.45, 7) is 0.458. The smallest absolute Gasteiger partial charge is 0.251 e. The molecule has 0 radical (unpaired) electrons. The molecule has 1 amide bonds. The Balaban J connectivity index is 1.76. The fourth-order valence-electron chi connectivity index (χ4n) is 3.20. The number of carbonyl (C=O) groups is 1. The maximum Gasteiger partial charge on any atom is 0.251 e. The molecular weight excluding hydrogens is 482 g/mol. The van der Waals surface area contributed by atoms with Crippen molar-refractivity contribution < 1.29 is 17.9 Å². The lowest BCUT2D eigenvalue weighted by atomic mass is 10.2. The second-order valence-electron chi connectivity index (χ2n) is 7.52. The Kier molecular flexibility index (Phi) is 8.50. The molecule has 1 atom stereocenters. The number of rotatable bonds is 10. The van der Waals surface area contributed by atoms with Crippen LogP contribution in [0.15, 0.2) is 64.9 Å². The van der Waals surface area contributed by atoms with Crippen molar-refractivity contribution in [1.29, 1.82) is 0 Å². The van der Waals surface area contributed by atoms with Crippen molar-refractivity contribution in [3.8, 4) is 5.75 Å². The first-order chi connectivity index (χ1) is 15.7. The molecule has 0 aliphatic heterocycles. The molecule has 0 saturated carbocycles. The van der Waals surface area contributed by atoms with Gasteiger partial charge in [-0.05, 0) is 61.4 Å². The third-order valence-corrected chi connectivity index (χ3v) is 7.69. The minimum absolute atomic E-state index is 0.0106. The Hall–Kier alpha value is -2.43. The second-order valence-corrected chi connectivity index (χ2v) is 10.7. The standard InChI is InChI=1S/C23H26ClN3O4S2/c1-27(2)19(21-5-4-12-32-21)15-25-23(28)17-8-11-20(31-3)22(13-17)33(29,30)26-14-16-6-9-18(24)10-7-16/h4-13,19,26H,14-15H2,1-3H3,(H,25,28). The van der Waals surface area contributed by atoms with Crippen molar-refractivity contribution in [3.63, 3.8) is 0 Å². The summed E-state index contributed by atoms with van der Waals surface area (Å²) in [4.78, 5) is 15.9. The normalized spacial score (nSPS) is 12.5. The summed E-state index contributed by atoms with van der Waals surface area (Å²) in [6, 6.07) is 15.2. The predicted octanol–water partition coefficient (Wildman–Crippen LogP) is 3.92. The van der Waals surface area contributed by atoms with Crippen LogP contribution in [0.5, 0.6) is 5.75 Å². The molecule has 0 fully saturated rings. The van der Waals surface area contributed by atoms with Gasteiger partial charge < -0.3 is 15.0 Å². The molecule has 2 N–H and O–H groups in total. The molecule has 0 saturated heterocycles. The molecule has 1 aromatic heterocycles. The summed E-state index contributed by atoms with van der Waals surface area (Å²) in [5, 5.41) is 5.46. The monoisotopic (exact) mass is 507 g/mol. The quantitative estimate of drug-likeness (QED) is 0.434. The molecule has 0 aliphatic rings. The second kappa shape index (κ2) is 11.1. The SMILES string of the molecule is COc1ccc(C(=O)NCC(c2cccs2)N(C)C)cc1S(=O)(=O)NCc1ccc(Cl)cc1. The largest absolute Gasteiger partial charge is 0.495 e. The number of hydrogen-bond donors (Lipinski definition) is 2. The Morgan fingerprint density at radius 1 is 1.15 bits per heavy atom. The molecule has 33 heavy (non-hydrogen) atoms. The van der Waals surface area contributed by atoms with Crippen molar-refractivity contribution in [3.05, 3.63) is 81.0 Å². The van der Waals surface area contributed by atoms with E-state index >= 15 is 0 Å². The van der Waals surface area contributed by atoms with Gasteiger partial charge in [0.05, 0.1) is 13.2 Å². The predicted molar refractivity (Wildman–Crippen MR) is 132 cm³/mol. The van der Waals surface area contributed by atoms with E-state index in [0.29, 0.717) is 11.6 Å². The van der Waals surface area contributed by atoms with Gasteiger partial charge in [0, 0.05) is 28.6 Å². The highest BCUT2D eigenvalue weighted by Gasteiger charge is 2.22. The number of sulfonamides is 1. The zero-order chi connectivity index (χ0) is 24.0. The Morgan fingerprint density at radius 3 is 2.48 bits per heavy atom. The number of hydrogen-bond acceptors (Lipinski definition) is 6. The molecule has 1 unspecified atom stereocenters. The van der Waals surface area contributed by atoms with Gasteiger partial charge in [-0.15, -0.1) is 11.3 Å². The highest BCUT2D eigenvalue weighted by atomic mass is 35.5. The van der Waals surface area contributed by atoms with Gasteiger partial charge in [0.15, 0.2) is 0 Å².